The molecule has 3 aromatic rings. The lowest BCUT2D eigenvalue weighted by molar-refractivity contribution is -0.138. The number of nitrogens with zero attached hydrogens (tertiary/aromatic N) is 2. The quantitative estimate of drug-likeness (QED) is 0.486. The van der Waals surface area contributed by atoms with Crippen LogP contribution < -0.4 is 15.8 Å². The van der Waals surface area contributed by atoms with Crippen molar-refractivity contribution in [2.45, 2.75) is 12.8 Å². The second-order valence-corrected chi connectivity index (χ2v) is 8.34. The van der Waals surface area contributed by atoms with E-state index in [1.54, 1.807) is 36.5 Å². The zero-order valence-electron chi connectivity index (χ0n) is 19.6. The van der Waals surface area contributed by atoms with E-state index in [0.29, 0.717) is 30.9 Å². The minimum Gasteiger partial charge on any atom is -0.485 e. The Morgan fingerprint density at radius 1 is 1.08 bits per heavy atom. The van der Waals surface area contributed by atoms with Crippen LogP contribution in [0.2, 0.25) is 0 Å². The summed E-state index contributed by atoms with van der Waals surface area (Å²) in [7, 11) is 0. The van der Waals surface area contributed by atoms with Crippen molar-refractivity contribution in [2.75, 3.05) is 45.1 Å². The molecule has 4 rings (SSSR count). The van der Waals surface area contributed by atoms with Gasteiger partial charge in [-0.2, -0.15) is 13.2 Å². The summed E-state index contributed by atoms with van der Waals surface area (Å²) in [6.07, 6.45) is -2.94. The molecule has 2 heterocycles. The van der Waals surface area contributed by atoms with Gasteiger partial charge in [-0.1, -0.05) is 30.3 Å². The van der Waals surface area contributed by atoms with E-state index in [4.69, 9.17) is 15.2 Å². The molecule has 0 unspecified atom stereocenters. The molecule has 0 bridgehead atoms. The fourth-order valence-electron chi connectivity index (χ4n) is 3.88. The predicted molar refractivity (Wildman–Crippen MR) is 129 cm³/mol. The number of morpholine rings is 1. The third kappa shape index (κ3) is 6.52. The zero-order valence-corrected chi connectivity index (χ0v) is 19.6. The summed E-state index contributed by atoms with van der Waals surface area (Å²) < 4.78 is 50.7. The molecular formula is C26H27F3N4O3. The van der Waals surface area contributed by atoms with E-state index in [2.05, 4.69) is 15.2 Å². The van der Waals surface area contributed by atoms with Crippen LogP contribution in [0.1, 0.15) is 21.5 Å². The predicted octanol–water partition coefficient (Wildman–Crippen LogP) is 3.99. The van der Waals surface area contributed by atoms with Crippen molar-refractivity contribution in [3.63, 3.8) is 0 Å². The van der Waals surface area contributed by atoms with Gasteiger partial charge in [0.15, 0.2) is 11.6 Å². The van der Waals surface area contributed by atoms with Crippen LogP contribution in [-0.4, -0.2) is 55.2 Å². The second-order valence-electron chi connectivity index (χ2n) is 8.34. The number of hydrogen-bond donors (Lipinski definition) is 2. The van der Waals surface area contributed by atoms with Crippen LogP contribution in [-0.2, 0) is 17.5 Å². The third-order valence-electron chi connectivity index (χ3n) is 5.89. The number of hydrogen-bond acceptors (Lipinski definition) is 6. The largest absolute Gasteiger partial charge is 0.485 e. The number of pyridine rings is 1. The Morgan fingerprint density at radius 3 is 2.53 bits per heavy atom. The van der Waals surface area contributed by atoms with Crippen molar-refractivity contribution in [1.29, 1.82) is 0 Å². The number of nitrogens with one attached hydrogen (secondary N) is 1. The lowest BCUT2D eigenvalue weighted by atomic mass is 10.0. The van der Waals surface area contributed by atoms with E-state index in [9.17, 15) is 18.0 Å². The Labute approximate surface area is 207 Å². The minimum atomic E-state index is -4.48. The molecule has 1 saturated heterocycles. The van der Waals surface area contributed by atoms with Gasteiger partial charge in [-0.3, -0.25) is 9.69 Å². The smallest absolute Gasteiger partial charge is 0.416 e. The molecule has 3 N–H and O–H groups in total. The van der Waals surface area contributed by atoms with Crippen LogP contribution in [0.25, 0.3) is 11.1 Å². The fourth-order valence-corrected chi connectivity index (χ4v) is 3.88. The number of nitrogens with two attached hydrogens (primary N) is 1. The number of anilines is 1. The topological polar surface area (TPSA) is 89.7 Å². The third-order valence-corrected chi connectivity index (χ3v) is 5.89. The van der Waals surface area contributed by atoms with Crippen molar-refractivity contribution < 1.29 is 27.4 Å². The molecule has 36 heavy (non-hydrogen) atoms. The summed E-state index contributed by atoms with van der Waals surface area (Å²) in [6, 6.07) is 13.8. The Kier molecular flexibility index (Phi) is 8.07. The van der Waals surface area contributed by atoms with Crippen LogP contribution in [0.4, 0.5) is 19.0 Å². The second kappa shape index (κ2) is 11.4. The van der Waals surface area contributed by atoms with Gasteiger partial charge in [0.1, 0.15) is 6.61 Å². The number of aromatic nitrogens is 1. The number of amides is 1. The highest BCUT2D eigenvalue weighted by Gasteiger charge is 2.33. The molecule has 1 aliphatic heterocycles. The van der Waals surface area contributed by atoms with Crippen molar-refractivity contribution in [3.8, 4) is 16.9 Å². The van der Waals surface area contributed by atoms with Crippen molar-refractivity contribution in [1.82, 2.24) is 15.2 Å². The number of nitrogen functional groups attached to an aromatic ring is 1. The number of benzene rings is 2. The number of halogens is 3. The lowest BCUT2D eigenvalue weighted by Crippen LogP contribution is -2.41. The number of rotatable bonds is 8. The maximum absolute atomic E-state index is 13.3. The van der Waals surface area contributed by atoms with Crippen LogP contribution >= 0.6 is 0 Å². The van der Waals surface area contributed by atoms with Crippen LogP contribution in [0.5, 0.6) is 5.75 Å². The molecule has 0 radical (unpaired) electrons. The monoisotopic (exact) mass is 500 g/mol. The Hall–Kier alpha value is -3.63. The first kappa shape index (κ1) is 25.5. The minimum absolute atomic E-state index is 0.00112. The van der Waals surface area contributed by atoms with Gasteiger partial charge in [-0.05, 0) is 29.8 Å². The van der Waals surface area contributed by atoms with E-state index in [1.807, 2.05) is 0 Å². The summed E-state index contributed by atoms with van der Waals surface area (Å²) in [4.78, 5) is 18.8. The molecule has 1 aliphatic rings. The Balaban J connectivity index is 1.39. The molecule has 10 heteroatoms. The molecule has 0 aliphatic carbocycles. The molecule has 0 atom stereocenters. The molecule has 2 aromatic carbocycles. The van der Waals surface area contributed by atoms with Gasteiger partial charge in [0, 0.05) is 49.1 Å². The van der Waals surface area contributed by atoms with Crippen molar-refractivity contribution in [2.24, 2.45) is 0 Å². The van der Waals surface area contributed by atoms with Gasteiger partial charge in [0.25, 0.3) is 5.91 Å². The number of carbonyl (C=O) groups is 1. The molecule has 1 fully saturated rings. The normalized spacial score (nSPS) is 14.4. The zero-order chi connectivity index (χ0) is 25.5. The molecule has 0 saturated carbocycles. The number of carbonyl (C=O) groups excluding carboxylic acids is 1. The SMILES string of the molecule is Nc1ncc(-c2ccc(C(=O)NCCN3CCOCC3)cc2)cc1OCc1ccccc1C(F)(F)F. The first-order valence-corrected chi connectivity index (χ1v) is 11.5. The Bertz CT molecular complexity index is 1180. The van der Waals surface area contributed by atoms with Crippen LogP contribution in [0.3, 0.4) is 0 Å². The molecular weight excluding hydrogens is 473 g/mol. The van der Waals surface area contributed by atoms with Crippen LogP contribution in [0.15, 0.2) is 60.8 Å². The highest BCUT2D eigenvalue weighted by Crippen LogP contribution is 2.33. The average Bonchev–Trinajstić information content (AvgIpc) is 2.88. The van der Waals surface area contributed by atoms with Crippen molar-refractivity contribution >= 4 is 11.7 Å². The molecule has 0 spiro atoms. The lowest BCUT2D eigenvalue weighted by Gasteiger charge is -2.26. The number of alkyl halides is 3. The maximum Gasteiger partial charge on any atom is 0.416 e. The van der Waals surface area contributed by atoms with Gasteiger partial charge in [0.05, 0.1) is 18.8 Å². The average molecular weight is 501 g/mol. The maximum atomic E-state index is 13.3. The van der Waals surface area contributed by atoms with E-state index in [-0.39, 0.29) is 29.6 Å². The molecule has 190 valence electrons. The van der Waals surface area contributed by atoms with Gasteiger partial charge >= 0.3 is 6.18 Å². The summed E-state index contributed by atoms with van der Waals surface area (Å²) in [5, 5.41) is 2.92. The standard InChI is InChI=1S/C26H27F3N4O3/c27-26(28,29)22-4-2-1-3-20(22)17-36-23-15-21(16-32-24(23)30)18-5-7-19(8-6-18)25(34)31-9-10-33-11-13-35-14-12-33/h1-8,15-16H,9-14,17H2,(H2,30,32)(H,31,34). The van der Waals surface area contributed by atoms with Gasteiger partial charge in [0.2, 0.25) is 0 Å². The summed E-state index contributed by atoms with van der Waals surface area (Å²) in [5.74, 6) is 0.0755. The van der Waals surface area contributed by atoms with Crippen molar-refractivity contribution in [3.05, 3.63) is 77.5 Å². The van der Waals surface area contributed by atoms with E-state index in [1.165, 1.54) is 18.2 Å². The van der Waals surface area contributed by atoms with E-state index < -0.39 is 11.7 Å². The van der Waals surface area contributed by atoms with Crippen LogP contribution in [0, 0.1) is 0 Å². The summed E-state index contributed by atoms with van der Waals surface area (Å²) in [5.41, 5.74) is 7.07. The molecule has 1 aromatic heterocycles. The van der Waals surface area contributed by atoms with Gasteiger partial charge < -0.3 is 20.5 Å². The molecule has 7 nitrogen and oxygen atoms in total. The van der Waals surface area contributed by atoms with Gasteiger partial charge in [-0.25, -0.2) is 4.98 Å². The highest BCUT2D eigenvalue weighted by molar-refractivity contribution is 5.94. The van der Waals surface area contributed by atoms with Gasteiger partial charge in [-0.15, -0.1) is 0 Å². The molecule has 1 amide bonds. The first-order valence-electron chi connectivity index (χ1n) is 11.5. The first-order chi connectivity index (χ1) is 17.3. The summed E-state index contributed by atoms with van der Waals surface area (Å²) >= 11 is 0. The van der Waals surface area contributed by atoms with E-state index >= 15 is 0 Å². The Morgan fingerprint density at radius 2 is 1.81 bits per heavy atom. The summed E-state index contributed by atoms with van der Waals surface area (Å²) in [6.45, 7) is 4.14. The highest BCUT2D eigenvalue weighted by atomic mass is 19.4. The van der Waals surface area contributed by atoms with E-state index in [0.717, 1.165) is 31.3 Å². The number of ether oxygens (including phenoxy) is 2. The fraction of sp³-hybridized carbons (Fsp3) is 0.308.